The van der Waals surface area contributed by atoms with E-state index >= 15 is 0 Å². The molecule has 0 fully saturated rings. The molecule has 0 aromatic heterocycles. The minimum absolute atomic E-state index is 0.0274. The van der Waals surface area contributed by atoms with E-state index in [4.69, 9.17) is 0 Å². The number of rotatable bonds is 17. The fraction of sp³-hybridized carbons (Fsp3) is 0.696. The van der Waals surface area contributed by atoms with Crippen molar-refractivity contribution in [1.29, 1.82) is 0 Å². The van der Waals surface area contributed by atoms with Crippen molar-refractivity contribution in [2.24, 2.45) is 0 Å². The van der Waals surface area contributed by atoms with Crippen LogP contribution in [-0.4, -0.2) is 48.6 Å². The van der Waals surface area contributed by atoms with E-state index in [1.54, 1.807) is 12.1 Å². The van der Waals surface area contributed by atoms with E-state index < -0.39 is 4.92 Å². The van der Waals surface area contributed by atoms with Gasteiger partial charge in [-0.05, 0) is 18.9 Å². The highest BCUT2D eigenvalue weighted by Crippen LogP contribution is 2.30. The Kier molecular flexibility index (Phi) is 12.9. The van der Waals surface area contributed by atoms with Crippen molar-refractivity contribution in [1.82, 2.24) is 0 Å². The summed E-state index contributed by atoms with van der Waals surface area (Å²) < 4.78 is 0.935. The van der Waals surface area contributed by atoms with Gasteiger partial charge in [0.2, 0.25) is 0 Å². The maximum absolute atomic E-state index is 11.2. The van der Waals surface area contributed by atoms with Crippen LogP contribution in [0.15, 0.2) is 23.1 Å². The minimum atomic E-state index is -0.404. The van der Waals surface area contributed by atoms with Crippen LogP contribution < -0.4 is 0 Å². The highest BCUT2D eigenvalue weighted by atomic mass is 32.2. The van der Waals surface area contributed by atoms with Crippen LogP contribution in [0.25, 0.3) is 0 Å². The number of thioether (sulfide) groups is 1. The zero-order valence-corrected chi connectivity index (χ0v) is 19.3. The van der Waals surface area contributed by atoms with Gasteiger partial charge in [0.1, 0.15) is 6.29 Å². The van der Waals surface area contributed by atoms with Gasteiger partial charge < -0.3 is 4.48 Å². The predicted octanol–water partition coefficient (Wildman–Crippen LogP) is 6.50. The number of unbranched alkanes of at least 4 members (excludes halogenated alkanes) is 9. The molecule has 0 unspecified atom stereocenters. The standard InChI is InChI=1S/C23H39N2O3S/c1-4-5-6-7-8-9-10-11-12-13-16-25(2,3)17-18-29-23-15-14-21(20-26)19-22(23)24(27)28/h14-15,19-20H,4-13,16-18H2,1-3H3/q+1. The number of nitrogens with zero attached hydrogens (tertiary/aromatic N) is 2. The summed E-state index contributed by atoms with van der Waals surface area (Å²) in [6.45, 7) is 4.37. The molecular weight excluding hydrogens is 384 g/mol. The second kappa shape index (κ2) is 14.6. The average molecular weight is 424 g/mol. The van der Waals surface area contributed by atoms with E-state index in [1.165, 1.54) is 82.0 Å². The van der Waals surface area contributed by atoms with Crippen LogP contribution in [-0.2, 0) is 0 Å². The van der Waals surface area contributed by atoms with Gasteiger partial charge in [-0.1, -0.05) is 64.4 Å². The Labute approximate surface area is 181 Å². The van der Waals surface area contributed by atoms with Gasteiger partial charge in [-0.25, -0.2) is 0 Å². The number of hydrogen-bond acceptors (Lipinski definition) is 4. The first-order valence-corrected chi connectivity index (χ1v) is 12.1. The van der Waals surface area contributed by atoms with E-state index in [9.17, 15) is 14.9 Å². The molecular formula is C23H39N2O3S+. The molecule has 0 amide bonds. The van der Waals surface area contributed by atoms with Gasteiger partial charge in [-0.15, -0.1) is 11.8 Å². The number of hydrogen-bond donors (Lipinski definition) is 0. The molecule has 0 spiro atoms. The molecule has 0 saturated heterocycles. The lowest BCUT2D eigenvalue weighted by Crippen LogP contribution is -2.42. The Balaban J connectivity index is 2.22. The van der Waals surface area contributed by atoms with Crippen molar-refractivity contribution < 1.29 is 14.2 Å². The third-order valence-electron chi connectivity index (χ3n) is 5.39. The molecule has 0 bridgehead atoms. The summed E-state index contributed by atoms with van der Waals surface area (Å²) in [5, 5.41) is 11.2. The van der Waals surface area contributed by atoms with Gasteiger partial charge in [0.25, 0.3) is 5.69 Å². The summed E-state index contributed by atoms with van der Waals surface area (Å²) in [6, 6.07) is 4.69. The van der Waals surface area contributed by atoms with Crippen LogP contribution in [0.3, 0.4) is 0 Å². The van der Waals surface area contributed by atoms with Crippen LogP contribution in [0.1, 0.15) is 81.5 Å². The van der Waals surface area contributed by atoms with Gasteiger partial charge in [-0.3, -0.25) is 14.9 Å². The van der Waals surface area contributed by atoms with Crippen LogP contribution in [0.2, 0.25) is 0 Å². The van der Waals surface area contributed by atoms with E-state index in [0.29, 0.717) is 16.7 Å². The molecule has 0 aliphatic heterocycles. The molecule has 0 atom stereocenters. The van der Waals surface area contributed by atoms with Gasteiger partial charge in [-0.2, -0.15) is 0 Å². The minimum Gasteiger partial charge on any atom is -0.328 e. The van der Waals surface area contributed by atoms with E-state index in [-0.39, 0.29) is 5.69 Å². The fourth-order valence-electron chi connectivity index (χ4n) is 3.41. The molecule has 0 saturated carbocycles. The topological polar surface area (TPSA) is 60.2 Å². The third kappa shape index (κ3) is 11.4. The first-order chi connectivity index (χ1) is 13.9. The average Bonchev–Trinajstić information content (AvgIpc) is 2.69. The molecule has 164 valence electrons. The summed E-state index contributed by atoms with van der Waals surface area (Å²) in [4.78, 5) is 22.3. The monoisotopic (exact) mass is 423 g/mol. The van der Waals surface area contributed by atoms with Crippen molar-refractivity contribution in [2.45, 2.75) is 76.0 Å². The molecule has 0 heterocycles. The van der Waals surface area contributed by atoms with Crippen molar-refractivity contribution in [3.8, 4) is 0 Å². The maximum atomic E-state index is 11.2. The Morgan fingerprint density at radius 1 is 0.966 bits per heavy atom. The zero-order chi connectivity index (χ0) is 21.5. The Morgan fingerprint density at radius 2 is 1.55 bits per heavy atom. The highest BCUT2D eigenvalue weighted by molar-refractivity contribution is 7.99. The van der Waals surface area contributed by atoms with Gasteiger partial charge in [0, 0.05) is 17.4 Å². The van der Waals surface area contributed by atoms with Crippen molar-refractivity contribution in [2.75, 3.05) is 32.9 Å². The Hall–Kier alpha value is -1.40. The summed E-state index contributed by atoms with van der Waals surface area (Å²) in [5.41, 5.74) is 0.373. The SMILES string of the molecule is CCCCCCCCCCCC[N+](C)(C)CCSc1ccc(C=O)cc1[N+](=O)[O-]. The lowest BCUT2D eigenvalue weighted by Gasteiger charge is -2.29. The number of carbonyl (C=O) groups excluding carboxylic acids is 1. The molecule has 1 aromatic carbocycles. The largest absolute Gasteiger partial charge is 0.328 e. The Morgan fingerprint density at radius 3 is 2.10 bits per heavy atom. The maximum Gasteiger partial charge on any atom is 0.283 e. The van der Waals surface area contributed by atoms with E-state index in [0.717, 1.165) is 23.3 Å². The van der Waals surface area contributed by atoms with Crippen LogP contribution in [0.4, 0.5) is 5.69 Å². The molecule has 29 heavy (non-hydrogen) atoms. The second-order valence-corrected chi connectivity index (χ2v) is 9.65. The Bertz CT molecular complexity index is 620. The fourth-order valence-corrected chi connectivity index (χ4v) is 4.67. The lowest BCUT2D eigenvalue weighted by atomic mass is 10.1. The van der Waals surface area contributed by atoms with Crippen molar-refractivity contribution in [3.05, 3.63) is 33.9 Å². The van der Waals surface area contributed by atoms with Crippen molar-refractivity contribution in [3.63, 3.8) is 0 Å². The van der Waals surface area contributed by atoms with E-state index in [1.807, 2.05) is 0 Å². The normalized spacial score (nSPS) is 11.6. The van der Waals surface area contributed by atoms with Crippen LogP contribution in [0.5, 0.6) is 0 Å². The first kappa shape index (κ1) is 25.6. The number of aldehydes is 1. The molecule has 1 rings (SSSR count). The number of quaternary nitrogens is 1. The third-order valence-corrected chi connectivity index (χ3v) is 6.43. The number of benzene rings is 1. The summed E-state index contributed by atoms with van der Waals surface area (Å²) in [5.74, 6) is 0.825. The number of nitro benzene ring substituents is 1. The lowest BCUT2D eigenvalue weighted by molar-refractivity contribution is -0.888. The molecule has 0 N–H and O–H groups in total. The first-order valence-electron chi connectivity index (χ1n) is 11.1. The number of nitro groups is 1. The molecule has 6 heteroatoms. The molecule has 0 aliphatic carbocycles. The summed E-state index contributed by atoms with van der Waals surface area (Å²) >= 11 is 1.51. The van der Waals surface area contributed by atoms with Crippen LogP contribution >= 0.6 is 11.8 Å². The summed E-state index contributed by atoms with van der Waals surface area (Å²) in [7, 11) is 4.47. The van der Waals surface area contributed by atoms with Gasteiger partial charge in [0.05, 0.1) is 37.0 Å². The summed E-state index contributed by atoms with van der Waals surface area (Å²) in [6.07, 6.45) is 14.1. The molecule has 5 nitrogen and oxygen atoms in total. The molecule has 1 aromatic rings. The molecule has 0 radical (unpaired) electrons. The van der Waals surface area contributed by atoms with Crippen molar-refractivity contribution >= 4 is 23.7 Å². The second-order valence-electron chi connectivity index (χ2n) is 8.52. The highest BCUT2D eigenvalue weighted by Gasteiger charge is 2.18. The van der Waals surface area contributed by atoms with E-state index in [2.05, 4.69) is 21.0 Å². The smallest absolute Gasteiger partial charge is 0.283 e. The molecule has 0 aliphatic rings. The quantitative estimate of drug-likeness (QED) is 0.0717. The number of carbonyl (C=O) groups is 1. The zero-order valence-electron chi connectivity index (χ0n) is 18.5. The van der Waals surface area contributed by atoms with Crippen LogP contribution in [0, 0.1) is 10.1 Å². The van der Waals surface area contributed by atoms with Gasteiger partial charge >= 0.3 is 0 Å². The van der Waals surface area contributed by atoms with Gasteiger partial charge in [0.15, 0.2) is 0 Å². The predicted molar refractivity (Wildman–Crippen MR) is 123 cm³/mol.